The SMILES string of the molecule is CC(C)(C)OC(=O)C(CCC(=O)C=N)NC(=O)CN[C-]=O.Cc1cccnc1.[Fm]. The van der Waals surface area contributed by atoms with Crippen molar-refractivity contribution >= 4 is 30.3 Å². The Morgan fingerprint density at radius 3 is 2.41 bits per heavy atom. The molecule has 2 amide bonds. The average Bonchev–Trinajstić information content (AvgIpc) is 2.62. The summed E-state index contributed by atoms with van der Waals surface area (Å²) in [6, 6.07) is 2.93. The minimum absolute atomic E-state index is 0. The van der Waals surface area contributed by atoms with Crippen LogP contribution in [-0.4, -0.2) is 53.5 Å². The standard InChI is InChI=1S/C13H20N3O5.C6H7N.Fm/c1-13(2,3)21-12(20)10(5-4-9(18)6-14)16-11(19)7-15-8-17;1-6-3-2-4-7-5-6;/h6,10,14H,4-5,7H2,1-3H3,(H,15,17)(H,16,19);2-5H,1H3;/q-1;;. The van der Waals surface area contributed by atoms with Crippen LogP contribution < -0.4 is 10.6 Å². The summed E-state index contributed by atoms with van der Waals surface area (Å²) < 4.78 is 5.15. The smallest absolute Gasteiger partial charge is 0.329 e. The molecule has 0 aromatic carbocycles. The number of Topliss-reactive ketones (excluding diaryl/α,β-unsaturated/α-hetero) is 1. The molecule has 10 heteroatoms. The van der Waals surface area contributed by atoms with Gasteiger partial charge in [-0.3, -0.25) is 14.6 Å². The molecule has 1 atom stereocenters. The van der Waals surface area contributed by atoms with E-state index in [1.54, 1.807) is 27.0 Å². The largest absolute Gasteiger partial charge is 0.522 e. The molecule has 9 nitrogen and oxygen atoms in total. The molecule has 29 heavy (non-hydrogen) atoms. The van der Waals surface area contributed by atoms with E-state index >= 15 is 0 Å². The van der Waals surface area contributed by atoms with Crippen molar-refractivity contribution in [3.05, 3.63) is 30.1 Å². The number of ether oxygens (including phenoxy) is 1. The number of aryl methyl sites for hydroxylation is 1. The summed E-state index contributed by atoms with van der Waals surface area (Å²) in [5, 5.41) is 11.2. The summed E-state index contributed by atoms with van der Waals surface area (Å²) in [6.45, 7) is 6.72. The molecule has 0 saturated heterocycles. The van der Waals surface area contributed by atoms with Gasteiger partial charge in [-0.05, 0) is 45.7 Å². The zero-order chi connectivity index (χ0) is 21.6. The van der Waals surface area contributed by atoms with E-state index in [0.717, 1.165) is 0 Å². The fourth-order valence-electron chi connectivity index (χ4n) is 1.79. The Kier molecular flexibility index (Phi) is 13.1. The summed E-state index contributed by atoms with van der Waals surface area (Å²) in [5.41, 5.74) is 0.475. The molecule has 0 aliphatic heterocycles. The second kappa shape index (κ2) is 14.0. The van der Waals surface area contributed by atoms with Gasteiger partial charge in [0, 0.05) is 18.8 Å². The summed E-state index contributed by atoms with van der Waals surface area (Å²) in [5.74, 6) is -1.74. The number of esters is 1. The molecule has 0 fully saturated rings. The second-order valence-electron chi connectivity index (χ2n) is 6.79. The third-order valence-electron chi connectivity index (χ3n) is 3.00. The van der Waals surface area contributed by atoms with E-state index in [4.69, 9.17) is 10.1 Å². The van der Waals surface area contributed by atoms with Crippen LogP contribution in [0.2, 0.25) is 0 Å². The molecule has 0 radical (unpaired) electrons. The summed E-state index contributed by atoms with van der Waals surface area (Å²) in [7, 11) is 0. The molecule has 1 heterocycles. The van der Waals surface area contributed by atoms with E-state index in [0.29, 0.717) is 6.21 Å². The van der Waals surface area contributed by atoms with Crippen molar-refractivity contribution in [3.63, 3.8) is 0 Å². The first-order chi connectivity index (χ1) is 13.1. The molecule has 1 unspecified atom stereocenters. The normalized spacial score (nSPS) is 10.8. The van der Waals surface area contributed by atoms with Gasteiger partial charge < -0.3 is 25.6 Å². The van der Waals surface area contributed by atoms with Gasteiger partial charge in [0.05, 0.1) is 12.8 Å². The van der Waals surface area contributed by atoms with Gasteiger partial charge >= 0.3 is 5.97 Å². The minimum Gasteiger partial charge on any atom is -0.522 e. The Hall–Kier alpha value is -4.10. The molecular weight excluding hydrogens is 621 g/mol. The summed E-state index contributed by atoms with van der Waals surface area (Å²) in [6.07, 6.45) is 5.54. The van der Waals surface area contributed by atoms with Crippen LogP contribution in [0.3, 0.4) is 0 Å². The number of nitrogens with one attached hydrogen (secondary N) is 3. The van der Waals surface area contributed by atoms with Gasteiger partial charge in [-0.25, -0.2) is 4.79 Å². The number of aromatic nitrogens is 1. The van der Waals surface area contributed by atoms with E-state index in [9.17, 15) is 19.2 Å². The van der Waals surface area contributed by atoms with Gasteiger partial charge in [0.1, 0.15) is 11.6 Å². The quantitative estimate of drug-likeness (QED) is 0.157. The number of rotatable bonds is 9. The molecular formula is C19H27FmN4O5-. The van der Waals surface area contributed by atoms with Gasteiger partial charge in [0.15, 0.2) is 5.78 Å². The molecule has 0 aliphatic rings. The van der Waals surface area contributed by atoms with Crippen molar-refractivity contribution in [2.45, 2.75) is 52.2 Å². The van der Waals surface area contributed by atoms with Crippen molar-refractivity contribution in [3.8, 4) is 0 Å². The van der Waals surface area contributed by atoms with Crippen molar-refractivity contribution in [1.82, 2.24) is 15.6 Å². The first kappa shape index (κ1) is 27.1. The van der Waals surface area contributed by atoms with Crippen molar-refractivity contribution in [2.75, 3.05) is 6.54 Å². The third kappa shape index (κ3) is 14.7. The zero-order valence-electron chi connectivity index (χ0n) is 16.9. The number of nitrogens with zero attached hydrogens (tertiary/aromatic N) is 1. The van der Waals surface area contributed by atoms with Crippen LogP contribution in [0.15, 0.2) is 24.5 Å². The number of hydrogen-bond donors (Lipinski definition) is 3. The maximum absolute atomic E-state index is 12.0. The average molecular weight is 648 g/mol. The number of carbonyl (C=O) groups is 3. The van der Waals surface area contributed by atoms with Gasteiger partial charge in [-0.2, -0.15) is 6.41 Å². The summed E-state index contributed by atoms with van der Waals surface area (Å²) >= 11 is 0. The maximum Gasteiger partial charge on any atom is 0.329 e. The molecule has 0 bridgehead atoms. The van der Waals surface area contributed by atoms with Crippen molar-refractivity contribution in [1.29, 1.82) is 5.41 Å². The van der Waals surface area contributed by atoms with Crippen molar-refractivity contribution in [2.24, 2.45) is 0 Å². The predicted molar refractivity (Wildman–Crippen MR) is 103 cm³/mol. The maximum atomic E-state index is 12.0. The summed E-state index contributed by atoms with van der Waals surface area (Å²) in [4.78, 5) is 48.5. The van der Waals surface area contributed by atoms with E-state index in [-0.39, 0.29) is 19.4 Å². The minimum atomic E-state index is -1.02. The Morgan fingerprint density at radius 2 is 2.00 bits per heavy atom. The van der Waals surface area contributed by atoms with E-state index < -0.39 is 29.3 Å². The van der Waals surface area contributed by atoms with Crippen molar-refractivity contribution < 1.29 is 23.9 Å². The number of amides is 2. The molecule has 0 saturated carbocycles. The Bertz CT molecular complexity index is 662. The zero-order valence-corrected chi connectivity index (χ0v) is 19.3. The number of ketones is 1. The van der Waals surface area contributed by atoms with E-state index in [1.807, 2.05) is 30.6 Å². The number of carbonyl (C=O) groups excluding carboxylic acids is 4. The number of pyridine rings is 1. The molecule has 1 rings (SSSR count). The van der Waals surface area contributed by atoms with Crippen LogP contribution in [-0.2, 0) is 23.9 Å². The van der Waals surface area contributed by atoms with Crippen LogP contribution in [0.1, 0.15) is 39.2 Å². The van der Waals surface area contributed by atoms with Crippen LogP contribution >= 0.6 is 0 Å². The first-order valence-electron chi connectivity index (χ1n) is 8.61. The molecule has 1 aromatic rings. The molecule has 166 valence electrons. The number of hydrogen-bond acceptors (Lipinski definition) is 7. The van der Waals surface area contributed by atoms with Crippen LogP contribution in [0, 0.1) is 12.3 Å². The Labute approximate surface area is 164 Å². The second-order valence-corrected chi connectivity index (χ2v) is 6.79. The van der Waals surface area contributed by atoms with E-state index in [1.165, 1.54) is 12.0 Å². The van der Waals surface area contributed by atoms with Crippen LogP contribution in [0.25, 0.3) is 0 Å². The van der Waals surface area contributed by atoms with Gasteiger partial charge in [-0.1, -0.05) is 6.07 Å². The van der Waals surface area contributed by atoms with Crippen LogP contribution in [0.5, 0.6) is 0 Å². The third-order valence-corrected chi connectivity index (χ3v) is 3.00. The molecule has 3 N–H and O–H groups in total. The first-order valence-corrected chi connectivity index (χ1v) is 8.61. The fourth-order valence-corrected chi connectivity index (χ4v) is 1.79. The predicted octanol–water partition coefficient (Wildman–Crippen LogP) is 0.859. The van der Waals surface area contributed by atoms with Crippen LogP contribution in [0.4, 0.5) is 0 Å². The molecule has 0 spiro atoms. The fraction of sp³-hybridized carbons (Fsp3) is 0.474. The molecule has 0 aliphatic carbocycles. The Morgan fingerprint density at radius 1 is 1.34 bits per heavy atom. The van der Waals surface area contributed by atoms with E-state index in [2.05, 4.69) is 10.3 Å². The Balaban J connectivity index is 0. The topological polar surface area (TPSA) is 138 Å². The van der Waals surface area contributed by atoms with Gasteiger partial charge in [0.2, 0.25) is 5.91 Å². The van der Waals surface area contributed by atoms with Gasteiger partial charge in [0.25, 0.3) is 0 Å². The molecule has 1 aromatic heterocycles. The van der Waals surface area contributed by atoms with Gasteiger partial charge in [-0.15, -0.1) is 0 Å². The monoisotopic (exact) mass is 648 g/mol.